The Labute approximate surface area is 169 Å². The van der Waals surface area contributed by atoms with Gasteiger partial charge in [-0.15, -0.1) is 5.10 Å². The number of furan rings is 1. The second-order valence-corrected chi connectivity index (χ2v) is 7.66. The van der Waals surface area contributed by atoms with Crippen LogP contribution < -0.4 is 5.73 Å². The third-order valence-electron chi connectivity index (χ3n) is 4.74. The summed E-state index contributed by atoms with van der Waals surface area (Å²) < 4.78 is 7.51. The van der Waals surface area contributed by atoms with Crippen molar-refractivity contribution in [3.8, 4) is 11.6 Å². The van der Waals surface area contributed by atoms with E-state index in [9.17, 15) is 9.59 Å². The molecule has 1 aliphatic heterocycles. The molecule has 1 saturated heterocycles. The van der Waals surface area contributed by atoms with Gasteiger partial charge in [0.15, 0.2) is 16.1 Å². The van der Waals surface area contributed by atoms with Crippen LogP contribution in [0, 0.1) is 0 Å². The van der Waals surface area contributed by atoms with E-state index in [-0.39, 0.29) is 11.8 Å². The van der Waals surface area contributed by atoms with Crippen LogP contribution in [-0.4, -0.2) is 62.9 Å². The van der Waals surface area contributed by atoms with Gasteiger partial charge in [-0.2, -0.15) is 0 Å². The molecule has 0 aliphatic carbocycles. The molecule has 2 N–H and O–H groups in total. The maximum absolute atomic E-state index is 13.1. The van der Waals surface area contributed by atoms with Crippen molar-refractivity contribution in [3.05, 3.63) is 34.6 Å². The molecule has 10 heteroatoms. The highest BCUT2D eigenvalue weighted by Crippen LogP contribution is 2.26. The van der Waals surface area contributed by atoms with Crippen molar-refractivity contribution in [1.29, 1.82) is 0 Å². The van der Waals surface area contributed by atoms with Crippen molar-refractivity contribution in [2.24, 2.45) is 0 Å². The summed E-state index contributed by atoms with van der Waals surface area (Å²) in [5.74, 6) is 0.526. The minimum absolute atomic E-state index is 0.0775. The van der Waals surface area contributed by atoms with Crippen LogP contribution in [0.4, 0.5) is 5.69 Å². The number of amides is 2. The number of hydrogen-bond acceptors (Lipinski definition) is 6. The molecular weight excluding hydrogens is 428 g/mol. The van der Waals surface area contributed by atoms with Gasteiger partial charge in [0.2, 0.25) is 11.7 Å². The number of anilines is 1. The van der Waals surface area contributed by atoms with Crippen LogP contribution in [0.25, 0.3) is 17.2 Å². The Morgan fingerprint density at radius 2 is 2.14 bits per heavy atom. The molecule has 4 heterocycles. The maximum Gasteiger partial charge on any atom is 0.256 e. The van der Waals surface area contributed by atoms with E-state index in [0.29, 0.717) is 46.1 Å². The lowest BCUT2D eigenvalue weighted by Crippen LogP contribution is -2.45. The van der Waals surface area contributed by atoms with E-state index in [1.165, 1.54) is 9.42 Å². The van der Waals surface area contributed by atoms with Crippen molar-refractivity contribution in [2.45, 2.75) is 18.9 Å². The number of rotatable bonds is 3. The van der Waals surface area contributed by atoms with E-state index in [2.05, 4.69) is 26.0 Å². The fraction of sp³-hybridized carbons (Fsp3) is 0.333. The second-order valence-electron chi connectivity index (χ2n) is 6.88. The van der Waals surface area contributed by atoms with Gasteiger partial charge in [-0.05, 0) is 47.0 Å². The van der Waals surface area contributed by atoms with Crippen molar-refractivity contribution >= 4 is 39.1 Å². The third-order valence-corrected chi connectivity index (χ3v) is 5.17. The number of pyridine rings is 1. The summed E-state index contributed by atoms with van der Waals surface area (Å²) >= 11 is 3.25. The number of nitrogen functional groups attached to an aromatic ring is 1. The highest BCUT2D eigenvalue weighted by molar-refractivity contribution is 9.10. The van der Waals surface area contributed by atoms with Crippen molar-refractivity contribution in [2.75, 3.05) is 26.4 Å². The molecule has 4 rings (SSSR count). The van der Waals surface area contributed by atoms with Gasteiger partial charge < -0.3 is 20.0 Å². The predicted molar refractivity (Wildman–Crippen MR) is 106 cm³/mol. The highest BCUT2D eigenvalue weighted by atomic mass is 79.9. The molecule has 0 spiro atoms. The third kappa shape index (κ3) is 3.13. The van der Waals surface area contributed by atoms with Gasteiger partial charge in [-0.3, -0.25) is 9.59 Å². The van der Waals surface area contributed by atoms with E-state index >= 15 is 0 Å². The van der Waals surface area contributed by atoms with Gasteiger partial charge in [-0.1, -0.05) is 0 Å². The van der Waals surface area contributed by atoms with Crippen LogP contribution in [-0.2, 0) is 4.79 Å². The molecule has 1 aliphatic rings. The van der Waals surface area contributed by atoms with Gasteiger partial charge in [0, 0.05) is 26.8 Å². The van der Waals surface area contributed by atoms with Crippen molar-refractivity contribution in [1.82, 2.24) is 24.4 Å². The van der Waals surface area contributed by atoms with E-state index in [4.69, 9.17) is 10.2 Å². The summed E-state index contributed by atoms with van der Waals surface area (Å²) in [6.07, 6.45) is 3.02. The topological polar surface area (TPSA) is 110 Å². The van der Waals surface area contributed by atoms with Gasteiger partial charge in [0.1, 0.15) is 6.04 Å². The Hall–Kier alpha value is -2.88. The molecule has 1 fully saturated rings. The summed E-state index contributed by atoms with van der Waals surface area (Å²) in [5.41, 5.74) is 7.24. The van der Waals surface area contributed by atoms with Crippen LogP contribution in [0.3, 0.4) is 0 Å². The minimum atomic E-state index is -0.453. The van der Waals surface area contributed by atoms with Crippen LogP contribution in [0.5, 0.6) is 0 Å². The first-order valence-electron chi connectivity index (χ1n) is 8.79. The monoisotopic (exact) mass is 446 g/mol. The number of halogens is 1. The van der Waals surface area contributed by atoms with Gasteiger partial charge in [0.25, 0.3) is 5.91 Å². The number of likely N-dealkylation sites (N-methyl/N-ethyl adjacent to an activating group) is 1. The number of hydrogen-bond donors (Lipinski definition) is 1. The summed E-state index contributed by atoms with van der Waals surface area (Å²) in [7, 11) is 3.38. The lowest BCUT2D eigenvalue weighted by molar-refractivity contribution is -0.132. The number of likely N-dealkylation sites (tertiary alicyclic amines) is 1. The lowest BCUT2D eigenvalue weighted by Gasteiger charge is -2.26. The maximum atomic E-state index is 13.1. The first-order chi connectivity index (χ1) is 13.3. The van der Waals surface area contributed by atoms with Gasteiger partial charge in [-0.25, -0.2) is 9.50 Å². The first-order valence-corrected chi connectivity index (χ1v) is 9.58. The summed E-state index contributed by atoms with van der Waals surface area (Å²) in [6.45, 7) is 0.532. The zero-order chi connectivity index (χ0) is 20.0. The van der Waals surface area contributed by atoms with Crippen LogP contribution in [0.2, 0.25) is 0 Å². The number of nitrogens with zero attached hydrogens (tertiary/aromatic N) is 5. The number of carbonyl (C=O) groups excluding carboxylic acids is 2. The Bertz CT molecular complexity index is 1070. The molecule has 0 radical (unpaired) electrons. The van der Waals surface area contributed by atoms with Crippen LogP contribution >= 0.6 is 15.9 Å². The van der Waals surface area contributed by atoms with E-state index < -0.39 is 6.04 Å². The lowest BCUT2D eigenvalue weighted by atomic mass is 10.1. The SMILES string of the molecule is CN(C)C(=O)C1CCCN1C(=O)c1cc(N)c2nc(-c3ccc(Br)o3)nn2c1. The first kappa shape index (κ1) is 18.5. The second kappa shape index (κ2) is 6.93. The largest absolute Gasteiger partial charge is 0.446 e. The fourth-order valence-electron chi connectivity index (χ4n) is 3.40. The quantitative estimate of drug-likeness (QED) is 0.658. The Morgan fingerprint density at radius 1 is 1.36 bits per heavy atom. The Kier molecular flexibility index (Phi) is 4.58. The molecule has 28 heavy (non-hydrogen) atoms. The van der Waals surface area contributed by atoms with E-state index in [1.807, 2.05) is 0 Å². The van der Waals surface area contributed by atoms with Crippen molar-refractivity contribution in [3.63, 3.8) is 0 Å². The van der Waals surface area contributed by atoms with Crippen LogP contribution in [0.1, 0.15) is 23.2 Å². The Balaban J connectivity index is 1.69. The van der Waals surface area contributed by atoms with Crippen molar-refractivity contribution < 1.29 is 14.0 Å². The molecule has 9 nitrogen and oxygen atoms in total. The van der Waals surface area contributed by atoms with Crippen LogP contribution in [0.15, 0.2) is 33.5 Å². The van der Waals surface area contributed by atoms with Gasteiger partial charge in [0.05, 0.1) is 11.3 Å². The van der Waals surface area contributed by atoms with Gasteiger partial charge >= 0.3 is 0 Å². The average molecular weight is 447 g/mol. The molecule has 3 aromatic rings. The number of fused-ring (bicyclic) bond motifs is 1. The zero-order valence-corrected chi connectivity index (χ0v) is 17.0. The summed E-state index contributed by atoms with van der Waals surface area (Å²) in [6, 6.07) is 4.60. The predicted octanol–water partition coefficient (Wildman–Crippen LogP) is 2.03. The number of carbonyl (C=O) groups is 2. The molecule has 3 aromatic heterocycles. The molecule has 2 amide bonds. The molecular formula is C18H19BrN6O3. The minimum Gasteiger partial charge on any atom is -0.446 e. The number of aromatic nitrogens is 3. The molecule has 1 atom stereocenters. The van der Waals surface area contributed by atoms with E-state index in [1.54, 1.807) is 43.4 Å². The normalized spacial score (nSPS) is 16.7. The Morgan fingerprint density at radius 3 is 2.82 bits per heavy atom. The zero-order valence-electron chi connectivity index (χ0n) is 15.4. The summed E-state index contributed by atoms with van der Waals surface area (Å²) in [4.78, 5) is 33.0. The standard InChI is InChI=1S/C18H19BrN6O3/c1-23(2)18(27)12-4-3-7-24(12)17(26)10-8-11(20)16-21-15(22-25(16)9-10)13-5-6-14(19)28-13/h5-6,8-9,12H,3-4,7,20H2,1-2H3. The highest BCUT2D eigenvalue weighted by Gasteiger charge is 2.35. The molecule has 1 unspecified atom stereocenters. The van der Waals surface area contributed by atoms with E-state index in [0.717, 1.165) is 6.42 Å². The molecule has 0 saturated carbocycles. The molecule has 0 aromatic carbocycles. The number of nitrogens with two attached hydrogens (primary N) is 1. The fourth-order valence-corrected chi connectivity index (χ4v) is 3.70. The smallest absolute Gasteiger partial charge is 0.256 e. The summed E-state index contributed by atoms with van der Waals surface area (Å²) in [5, 5.41) is 4.37. The average Bonchev–Trinajstić information content (AvgIpc) is 3.38. The molecule has 0 bridgehead atoms. The molecule has 146 valence electrons.